The molecule has 154 valence electrons. The van der Waals surface area contributed by atoms with Crippen molar-refractivity contribution >= 4 is 23.4 Å². The maximum atomic E-state index is 12.9. The molecule has 2 aliphatic rings. The first-order valence-electron chi connectivity index (χ1n) is 9.94. The molecule has 4 bridgehead atoms. The van der Waals surface area contributed by atoms with Crippen molar-refractivity contribution in [2.75, 3.05) is 36.9 Å². The largest absolute Gasteiger partial charge is 0.488 e. The van der Waals surface area contributed by atoms with E-state index in [9.17, 15) is 10.1 Å². The van der Waals surface area contributed by atoms with Gasteiger partial charge in [0.25, 0.3) is 5.91 Å². The van der Waals surface area contributed by atoms with Crippen molar-refractivity contribution in [3.05, 3.63) is 47.7 Å². The third-order valence-electron chi connectivity index (χ3n) is 4.95. The van der Waals surface area contributed by atoms with Crippen molar-refractivity contribution < 1.29 is 9.53 Å². The Morgan fingerprint density at radius 1 is 1.27 bits per heavy atom. The van der Waals surface area contributed by atoms with Gasteiger partial charge in [-0.05, 0) is 44.1 Å². The Balaban J connectivity index is 1.65. The van der Waals surface area contributed by atoms with Crippen LogP contribution < -0.4 is 26.0 Å². The quantitative estimate of drug-likeness (QED) is 0.559. The van der Waals surface area contributed by atoms with Crippen LogP contribution in [0.4, 0.5) is 17.5 Å². The van der Waals surface area contributed by atoms with Gasteiger partial charge in [-0.3, -0.25) is 4.79 Å². The van der Waals surface area contributed by atoms with Crippen molar-refractivity contribution in [3.63, 3.8) is 0 Å². The first-order chi connectivity index (χ1) is 14.7. The number of rotatable bonds is 2. The van der Waals surface area contributed by atoms with E-state index in [1.165, 1.54) is 6.20 Å². The number of nitrogens with zero attached hydrogens (tertiary/aromatic N) is 3. The van der Waals surface area contributed by atoms with E-state index in [0.29, 0.717) is 47.5 Å². The molecule has 0 radical (unpaired) electrons. The minimum absolute atomic E-state index is 0.124. The number of hydrogen-bond donors (Lipinski definition) is 4. The number of piperidine rings is 1. The molecule has 4 rings (SSSR count). The van der Waals surface area contributed by atoms with Gasteiger partial charge in [0.1, 0.15) is 29.8 Å². The molecule has 2 aliphatic heterocycles. The highest BCUT2D eigenvalue weighted by Crippen LogP contribution is 2.27. The summed E-state index contributed by atoms with van der Waals surface area (Å²) in [6, 6.07) is 7.41. The van der Waals surface area contributed by atoms with Crippen LogP contribution in [0, 0.1) is 11.3 Å². The van der Waals surface area contributed by atoms with E-state index in [-0.39, 0.29) is 11.9 Å². The summed E-state index contributed by atoms with van der Waals surface area (Å²) in [7, 11) is 0. The standard InChI is InChI=1S/C21H23N7O2/c22-12-14-3-4-16-11-18(14)30-10-2-1-7-24-21-25-13-17(19(26-16)28-21)20(29)27-15-5-8-23-9-6-15/h1-4,11,13,15,23H,5-10H2,(H,27,29)(H2,24,25,26,28)/b2-1-. The Morgan fingerprint density at radius 3 is 2.97 bits per heavy atom. The molecule has 2 aromatic rings. The van der Waals surface area contributed by atoms with E-state index >= 15 is 0 Å². The van der Waals surface area contributed by atoms with Crippen LogP contribution in [0.5, 0.6) is 5.75 Å². The molecule has 0 atom stereocenters. The van der Waals surface area contributed by atoms with E-state index < -0.39 is 0 Å². The molecule has 1 saturated heterocycles. The lowest BCUT2D eigenvalue weighted by atomic mass is 10.1. The van der Waals surface area contributed by atoms with Crippen LogP contribution in [0.25, 0.3) is 0 Å². The topological polar surface area (TPSA) is 124 Å². The highest BCUT2D eigenvalue weighted by atomic mass is 16.5. The van der Waals surface area contributed by atoms with E-state index in [1.54, 1.807) is 18.2 Å². The monoisotopic (exact) mass is 405 g/mol. The van der Waals surface area contributed by atoms with E-state index in [4.69, 9.17) is 4.74 Å². The van der Waals surface area contributed by atoms with Gasteiger partial charge >= 0.3 is 0 Å². The van der Waals surface area contributed by atoms with Crippen molar-refractivity contribution in [1.82, 2.24) is 20.6 Å². The molecule has 1 fully saturated rings. The first-order valence-corrected chi connectivity index (χ1v) is 9.94. The fourth-order valence-corrected chi connectivity index (χ4v) is 3.35. The van der Waals surface area contributed by atoms with Crippen LogP contribution in [0.1, 0.15) is 28.8 Å². The average Bonchev–Trinajstić information content (AvgIpc) is 2.77. The molecule has 3 heterocycles. The second-order valence-corrected chi connectivity index (χ2v) is 7.06. The van der Waals surface area contributed by atoms with E-state index in [0.717, 1.165) is 25.9 Å². The molecule has 0 saturated carbocycles. The van der Waals surface area contributed by atoms with E-state index in [1.807, 2.05) is 12.2 Å². The van der Waals surface area contributed by atoms with Crippen molar-refractivity contribution in [1.29, 1.82) is 5.26 Å². The SMILES string of the molecule is N#Cc1ccc2cc1OC/C=C\CNc1ncc(C(=O)NC3CCNCC3)c(n1)N2. The second-order valence-electron chi connectivity index (χ2n) is 7.06. The van der Waals surface area contributed by atoms with Crippen molar-refractivity contribution in [2.24, 2.45) is 0 Å². The summed E-state index contributed by atoms with van der Waals surface area (Å²) in [4.78, 5) is 21.7. The summed E-state index contributed by atoms with van der Waals surface area (Å²) < 4.78 is 5.72. The minimum Gasteiger partial charge on any atom is -0.488 e. The molecular weight excluding hydrogens is 382 g/mol. The van der Waals surface area contributed by atoms with Gasteiger partial charge in [0.2, 0.25) is 5.95 Å². The van der Waals surface area contributed by atoms with Gasteiger partial charge < -0.3 is 26.0 Å². The van der Waals surface area contributed by atoms with Crippen LogP contribution in [0.2, 0.25) is 0 Å². The predicted octanol–water partition coefficient (Wildman–Crippen LogP) is 1.93. The van der Waals surface area contributed by atoms with Gasteiger partial charge in [-0.2, -0.15) is 10.2 Å². The Kier molecular flexibility index (Phi) is 6.06. The third kappa shape index (κ3) is 4.67. The summed E-state index contributed by atoms with van der Waals surface area (Å²) in [5.41, 5.74) is 1.46. The lowest BCUT2D eigenvalue weighted by Gasteiger charge is -2.24. The van der Waals surface area contributed by atoms with Crippen molar-refractivity contribution in [2.45, 2.75) is 18.9 Å². The summed E-state index contributed by atoms with van der Waals surface area (Å²) in [6.45, 7) is 2.61. The second kappa shape index (κ2) is 9.24. The summed E-state index contributed by atoms with van der Waals surface area (Å²) in [6.07, 6.45) is 7.05. The molecule has 1 aromatic heterocycles. The van der Waals surface area contributed by atoms with Crippen LogP contribution in [0.3, 0.4) is 0 Å². The number of ether oxygens (including phenoxy) is 1. The van der Waals surface area contributed by atoms with E-state index in [2.05, 4.69) is 37.3 Å². The number of nitriles is 1. The van der Waals surface area contributed by atoms with Gasteiger partial charge in [0, 0.05) is 30.5 Å². The predicted molar refractivity (Wildman–Crippen MR) is 113 cm³/mol. The molecule has 9 nitrogen and oxygen atoms in total. The molecule has 1 aromatic carbocycles. The van der Waals surface area contributed by atoms with Crippen LogP contribution in [-0.4, -0.2) is 48.2 Å². The number of carbonyl (C=O) groups excluding carboxylic acids is 1. The zero-order chi connectivity index (χ0) is 20.8. The third-order valence-corrected chi connectivity index (χ3v) is 4.95. The maximum absolute atomic E-state index is 12.9. The van der Waals surface area contributed by atoms with Gasteiger partial charge in [-0.25, -0.2) is 4.98 Å². The summed E-state index contributed by atoms with van der Waals surface area (Å²) in [5.74, 6) is 1.05. The Hall–Kier alpha value is -3.64. The molecule has 0 aliphatic carbocycles. The van der Waals surface area contributed by atoms with Crippen LogP contribution in [-0.2, 0) is 0 Å². The Bertz CT molecular complexity index is 993. The number of anilines is 3. The minimum atomic E-state index is -0.217. The fraction of sp³-hybridized carbons (Fsp3) is 0.333. The van der Waals surface area contributed by atoms with Gasteiger partial charge in [-0.15, -0.1) is 0 Å². The lowest BCUT2D eigenvalue weighted by Crippen LogP contribution is -2.42. The summed E-state index contributed by atoms with van der Waals surface area (Å²) >= 11 is 0. The number of benzene rings is 1. The average molecular weight is 405 g/mol. The van der Waals surface area contributed by atoms with Crippen LogP contribution >= 0.6 is 0 Å². The lowest BCUT2D eigenvalue weighted by molar-refractivity contribution is 0.0930. The number of hydrogen-bond acceptors (Lipinski definition) is 8. The van der Waals surface area contributed by atoms with Crippen molar-refractivity contribution in [3.8, 4) is 11.8 Å². The van der Waals surface area contributed by atoms with Gasteiger partial charge in [0.15, 0.2) is 0 Å². The van der Waals surface area contributed by atoms with Gasteiger partial charge in [-0.1, -0.05) is 6.08 Å². The molecule has 1 amide bonds. The molecule has 30 heavy (non-hydrogen) atoms. The van der Waals surface area contributed by atoms with Gasteiger partial charge in [0.05, 0.1) is 5.56 Å². The number of fused-ring (bicyclic) bond motifs is 4. The molecule has 0 spiro atoms. The van der Waals surface area contributed by atoms with Crippen LogP contribution in [0.15, 0.2) is 36.5 Å². The highest BCUT2D eigenvalue weighted by molar-refractivity contribution is 5.99. The zero-order valence-electron chi connectivity index (χ0n) is 16.4. The molecule has 9 heteroatoms. The summed E-state index contributed by atoms with van der Waals surface area (Å²) in [5, 5.41) is 22.0. The molecule has 4 N–H and O–H groups in total. The molecular formula is C21H23N7O2. The zero-order valence-corrected chi connectivity index (χ0v) is 16.4. The number of aromatic nitrogens is 2. The number of carbonyl (C=O) groups is 1. The number of nitrogens with one attached hydrogen (secondary N) is 4. The number of amides is 1. The Morgan fingerprint density at radius 2 is 2.13 bits per heavy atom. The smallest absolute Gasteiger partial charge is 0.256 e. The molecule has 0 unspecified atom stereocenters. The first kappa shape index (κ1) is 19.7. The fourth-order valence-electron chi connectivity index (χ4n) is 3.35. The normalized spacial score (nSPS) is 17.4. The maximum Gasteiger partial charge on any atom is 0.256 e. The highest BCUT2D eigenvalue weighted by Gasteiger charge is 2.20. The Labute approximate surface area is 174 Å².